The van der Waals surface area contributed by atoms with Gasteiger partial charge < -0.3 is 15.4 Å². The smallest absolute Gasteiger partial charge is 0.315 e. The van der Waals surface area contributed by atoms with Gasteiger partial charge >= 0.3 is 6.03 Å². The Hall–Kier alpha value is -1.71. The summed E-state index contributed by atoms with van der Waals surface area (Å²) in [6.45, 7) is 0.498. The second-order valence-electron chi connectivity index (χ2n) is 5.84. The van der Waals surface area contributed by atoms with Crippen molar-refractivity contribution in [2.75, 3.05) is 7.11 Å². The quantitative estimate of drug-likeness (QED) is 0.838. The largest absolute Gasteiger partial charge is 0.496 e. The molecule has 2 saturated carbocycles. The molecule has 4 nitrogen and oxygen atoms in total. The van der Waals surface area contributed by atoms with Gasteiger partial charge in [-0.3, -0.25) is 0 Å². The molecule has 3 rings (SSSR count). The molecule has 2 aliphatic rings. The van der Waals surface area contributed by atoms with E-state index in [1.165, 1.54) is 25.7 Å². The minimum absolute atomic E-state index is 0.0558. The third-order valence-electron chi connectivity index (χ3n) is 4.19. The minimum atomic E-state index is -0.0558. The first-order chi connectivity index (χ1) is 9.78. The molecular weight excluding hydrogens is 252 g/mol. The van der Waals surface area contributed by atoms with Crippen LogP contribution in [0, 0.1) is 11.8 Å². The van der Waals surface area contributed by atoms with Gasteiger partial charge in [0, 0.05) is 18.2 Å². The van der Waals surface area contributed by atoms with Crippen LogP contribution in [0.4, 0.5) is 4.79 Å². The Morgan fingerprint density at radius 2 is 1.90 bits per heavy atom. The van der Waals surface area contributed by atoms with Crippen molar-refractivity contribution in [1.82, 2.24) is 10.6 Å². The molecule has 0 spiro atoms. The molecule has 108 valence electrons. The van der Waals surface area contributed by atoms with Crippen LogP contribution in [-0.2, 0) is 6.54 Å². The van der Waals surface area contributed by atoms with Gasteiger partial charge in [0.05, 0.1) is 7.11 Å². The molecule has 1 aromatic rings. The average molecular weight is 274 g/mol. The Morgan fingerprint density at radius 1 is 1.25 bits per heavy atom. The summed E-state index contributed by atoms with van der Waals surface area (Å²) in [4.78, 5) is 12.0. The third kappa shape index (κ3) is 3.24. The van der Waals surface area contributed by atoms with Crippen molar-refractivity contribution >= 4 is 6.03 Å². The molecule has 0 aromatic heterocycles. The van der Waals surface area contributed by atoms with Crippen LogP contribution in [0.5, 0.6) is 5.75 Å². The zero-order valence-electron chi connectivity index (χ0n) is 11.9. The Kier molecular flexibility index (Phi) is 3.81. The van der Waals surface area contributed by atoms with Crippen LogP contribution in [0.1, 0.15) is 31.2 Å². The first-order valence-electron chi connectivity index (χ1n) is 7.44. The number of hydrogen-bond donors (Lipinski definition) is 2. The van der Waals surface area contributed by atoms with E-state index < -0.39 is 0 Å². The number of amides is 2. The molecule has 0 radical (unpaired) electrons. The predicted molar refractivity (Wildman–Crippen MR) is 77.6 cm³/mol. The molecule has 2 fully saturated rings. The molecule has 20 heavy (non-hydrogen) atoms. The number of nitrogens with one attached hydrogen (secondary N) is 2. The Bertz CT molecular complexity index is 469. The highest BCUT2D eigenvalue weighted by Crippen LogP contribution is 2.44. The first-order valence-corrected chi connectivity index (χ1v) is 7.44. The number of hydrogen-bond acceptors (Lipinski definition) is 2. The molecule has 0 saturated heterocycles. The lowest BCUT2D eigenvalue weighted by molar-refractivity contribution is 0.232. The zero-order chi connectivity index (χ0) is 13.9. The normalized spacial score (nSPS) is 17.9. The number of ether oxygens (including phenoxy) is 1. The summed E-state index contributed by atoms with van der Waals surface area (Å²) < 4.78 is 5.28. The second kappa shape index (κ2) is 5.73. The molecular formula is C16H22N2O2. The Morgan fingerprint density at radius 3 is 2.50 bits per heavy atom. The highest BCUT2D eigenvalue weighted by atomic mass is 16.5. The molecule has 2 amide bonds. The fraction of sp³-hybridized carbons (Fsp3) is 0.562. The predicted octanol–water partition coefficient (Wildman–Crippen LogP) is 2.68. The van der Waals surface area contributed by atoms with Crippen LogP contribution in [0.3, 0.4) is 0 Å². The summed E-state index contributed by atoms with van der Waals surface area (Å²) in [6, 6.07) is 8.10. The Balaban J connectivity index is 1.51. The molecule has 4 heteroatoms. The molecule has 2 aliphatic carbocycles. The monoisotopic (exact) mass is 274 g/mol. The van der Waals surface area contributed by atoms with E-state index in [9.17, 15) is 4.79 Å². The van der Waals surface area contributed by atoms with E-state index in [0.29, 0.717) is 12.6 Å². The van der Waals surface area contributed by atoms with E-state index in [1.54, 1.807) is 7.11 Å². The maximum absolute atomic E-state index is 12.0. The van der Waals surface area contributed by atoms with Crippen LogP contribution in [0.25, 0.3) is 0 Å². The number of carbonyl (C=O) groups excluding carboxylic acids is 1. The maximum atomic E-state index is 12.0. The number of carbonyl (C=O) groups is 1. The van der Waals surface area contributed by atoms with Gasteiger partial charge in [-0.1, -0.05) is 18.2 Å². The van der Waals surface area contributed by atoms with Crippen LogP contribution in [0.2, 0.25) is 0 Å². The Labute approximate surface area is 119 Å². The molecule has 0 atom stereocenters. The van der Waals surface area contributed by atoms with Crippen molar-refractivity contribution in [3.05, 3.63) is 29.8 Å². The van der Waals surface area contributed by atoms with E-state index in [0.717, 1.165) is 23.1 Å². The van der Waals surface area contributed by atoms with E-state index in [1.807, 2.05) is 24.3 Å². The van der Waals surface area contributed by atoms with Crippen LogP contribution in [-0.4, -0.2) is 19.2 Å². The van der Waals surface area contributed by atoms with Gasteiger partial charge in [0.15, 0.2) is 0 Å². The van der Waals surface area contributed by atoms with Crippen LogP contribution < -0.4 is 15.4 Å². The molecule has 1 aromatic carbocycles. The molecule has 0 bridgehead atoms. The molecule has 0 unspecified atom stereocenters. The van der Waals surface area contributed by atoms with Gasteiger partial charge in [-0.15, -0.1) is 0 Å². The molecule has 0 heterocycles. The lowest BCUT2D eigenvalue weighted by Gasteiger charge is -2.18. The van der Waals surface area contributed by atoms with Crippen molar-refractivity contribution in [3.63, 3.8) is 0 Å². The highest BCUT2D eigenvalue weighted by Gasteiger charge is 2.42. The first kappa shape index (κ1) is 13.3. The summed E-state index contributed by atoms with van der Waals surface area (Å²) >= 11 is 0. The van der Waals surface area contributed by atoms with Gasteiger partial charge in [-0.2, -0.15) is 0 Å². The van der Waals surface area contributed by atoms with E-state index >= 15 is 0 Å². The number of urea groups is 1. The average Bonchev–Trinajstić information content (AvgIpc) is 3.35. The van der Waals surface area contributed by atoms with Gasteiger partial charge in [-0.05, 0) is 43.6 Å². The van der Waals surface area contributed by atoms with Crippen molar-refractivity contribution in [2.24, 2.45) is 11.8 Å². The number of para-hydroxylation sites is 1. The van der Waals surface area contributed by atoms with Crippen LogP contribution >= 0.6 is 0 Å². The van der Waals surface area contributed by atoms with E-state index in [-0.39, 0.29) is 6.03 Å². The molecule has 0 aliphatic heterocycles. The van der Waals surface area contributed by atoms with Gasteiger partial charge in [0.25, 0.3) is 0 Å². The van der Waals surface area contributed by atoms with Gasteiger partial charge in [-0.25, -0.2) is 4.79 Å². The molecule has 2 N–H and O–H groups in total. The topological polar surface area (TPSA) is 50.4 Å². The zero-order valence-corrected chi connectivity index (χ0v) is 11.9. The van der Waals surface area contributed by atoms with Crippen molar-refractivity contribution in [3.8, 4) is 5.75 Å². The number of benzene rings is 1. The fourth-order valence-electron chi connectivity index (χ4n) is 2.76. The van der Waals surface area contributed by atoms with E-state index in [2.05, 4.69) is 10.6 Å². The van der Waals surface area contributed by atoms with Crippen LogP contribution in [0.15, 0.2) is 24.3 Å². The lowest BCUT2D eigenvalue weighted by Crippen LogP contribution is -2.44. The third-order valence-corrected chi connectivity index (χ3v) is 4.19. The summed E-state index contributed by atoms with van der Waals surface area (Å²) in [5.41, 5.74) is 1.000. The van der Waals surface area contributed by atoms with Gasteiger partial charge in [0.1, 0.15) is 5.75 Å². The van der Waals surface area contributed by atoms with E-state index in [4.69, 9.17) is 4.74 Å². The number of methoxy groups -OCH3 is 1. The minimum Gasteiger partial charge on any atom is -0.496 e. The van der Waals surface area contributed by atoms with Crippen molar-refractivity contribution < 1.29 is 9.53 Å². The van der Waals surface area contributed by atoms with Crippen molar-refractivity contribution in [2.45, 2.75) is 38.3 Å². The standard InChI is InChI=1S/C16H22N2O2/c1-20-14-5-3-2-4-13(14)10-17-16(19)18-15(11-6-7-11)12-8-9-12/h2-5,11-12,15H,6-10H2,1H3,(H2,17,18,19). The summed E-state index contributed by atoms with van der Waals surface area (Å²) in [6.07, 6.45) is 5.09. The second-order valence-corrected chi connectivity index (χ2v) is 5.84. The number of rotatable bonds is 6. The van der Waals surface area contributed by atoms with Crippen molar-refractivity contribution in [1.29, 1.82) is 0 Å². The lowest BCUT2D eigenvalue weighted by atomic mass is 10.1. The summed E-state index contributed by atoms with van der Waals surface area (Å²) in [7, 11) is 1.65. The highest BCUT2D eigenvalue weighted by molar-refractivity contribution is 5.74. The van der Waals surface area contributed by atoms with Gasteiger partial charge in [0.2, 0.25) is 0 Å². The summed E-state index contributed by atoms with van der Waals surface area (Å²) in [5, 5.41) is 6.10. The maximum Gasteiger partial charge on any atom is 0.315 e. The SMILES string of the molecule is COc1ccccc1CNC(=O)NC(C1CC1)C1CC1. The summed E-state index contributed by atoms with van der Waals surface area (Å²) in [5.74, 6) is 2.26. The fourth-order valence-corrected chi connectivity index (χ4v) is 2.76.